The molecule has 0 aliphatic heterocycles. The topological polar surface area (TPSA) is 38.3 Å². The van der Waals surface area contributed by atoms with E-state index in [0.717, 1.165) is 30.8 Å². The molecule has 120 valence electrons. The Morgan fingerprint density at radius 3 is 2.52 bits per heavy atom. The molecule has 23 heavy (non-hydrogen) atoms. The first kappa shape index (κ1) is 16.8. The van der Waals surface area contributed by atoms with Crippen LogP contribution in [0.3, 0.4) is 0 Å². The first-order chi connectivity index (χ1) is 11.3. The van der Waals surface area contributed by atoms with Crippen LogP contribution in [0.5, 0.6) is 5.75 Å². The van der Waals surface area contributed by atoms with Gasteiger partial charge < -0.3 is 10.1 Å². The largest absolute Gasteiger partial charge is 0.494 e. The van der Waals surface area contributed by atoms with Crippen LogP contribution in [0.4, 0.5) is 0 Å². The fourth-order valence-corrected chi connectivity index (χ4v) is 2.10. The predicted octanol–water partition coefficient (Wildman–Crippen LogP) is 3.85. The molecule has 0 aliphatic carbocycles. The Labute approximate surface area is 138 Å². The van der Waals surface area contributed by atoms with Crippen LogP contribution in [0.1, 0.15) is 24.5 Å². The average Bonchev–Trinajstić information content (AvgIpc) is 2.60. The molecule has 2 aromatic carbocycles. The van der Waals surface area contributed by atoms with Crippen LogP contribution in [0.15, 0.2) is 60.7 Å². The number of benzene rings is 2. The fourth-order valence-electron chi connectivity index (χ4n) is 2.10. The summed E-state index contributed by atoms with van der Waals surface area (Å²) in [6.45, 7) is 3.43. The van der Waals surface area contributed by atoms with E-state index in [1.165, 1.54) is 5.56 Å². The van der Waals surface area contributed by atoms with E-state index in [9.17, 15) is 4.79 Å². The van der Waals surface area contributed by atoms with E-state index in [1.54, 1.807) is 12.2 Å². The van der Waals surface area contributed by atoms with E-state index in [4.69, 9.17) is 4.74 Å². The maximum Gasteiger partial charge on any atom is 0.244 e. The van der Waals surface area contributed by atoms with E-state index >= 15 is 0 Å². The molecule has 0 unspecified atom stereocenters. The predicted molar refractivity (Wildman–Crippen MR) is 94.4 cm³/mol. The van der Waals surface area contributed by atoms with Crippen molar-refractivity contribution in [3.63, 3.8) is 0 Å². The normalized spacial score (nSPS) is 10.7. The van der Waals surface area contributed by atoms with Gasteiger partial charge in [0.2, 0.25) is 5.91 Å². The van der Waals surface area contributed by atoms with Gasteiger partial charge in [-0.15, -0.1) is 0 Å². The number of ether oxygens (including phenoxy) is 1. The molecule has 0 heterocycles. The molecule has 0 bridgehead atoms. The molecule has 0 atom stereocenters. The van der Waals surface area contributed by atoms with Crippen molar-refractivity contribution in [3.05, 3.63) is 71.8 Å². The van der Waals surface area contributed by atoms with Gasteiger partial charge in [-0.3, -0.25) is 4.79 Å². The molecule has 0 aromatic heterocycles. The van der Waals surface area contributed by atoms with E-state index in [1.807, 2.05) is 42.5 Å². The summed E-state index contributed by atoms with van der Waals surface area (Å²) in [5.41, 5.74) is 2.20. The van der Waals surface area contributed by atoms with Gasteiger partial charge in [-0.05, 0) is 42.2 Å². The summed E-state index contributed by atoms with van der Waals surface area (Å²) in [7, 11) is 0. The Morgan fingerprint density at radius 1 is 1.09 bits per heavy atom. The third kappa shape index (κ3) is 6.39. The molecule has 2 aromatic rings. The molecule has 1 N–H and O–H groups in total. The van der Waals surface area contributed by atoms with E-state index in [-0.39, 0.29) is 5.91 Å². The molecular weight excluding hydrogens is 286 g/mol. The first-order valence-corrected chi connectivity index (χ1v) is 8.00. The maximum atomic E-state index is 11.8. The summed E-state index contributed by atoms with van der Waals surface area (Å²) in [4.78, 5) is 11.8. The summed E-state index contributed by atoms with van der Waals surface area (Å²) in [5, 5.41) is 2.89. The van der Waals surface area contributed by atoms with E-state index in [2.05, 4.69) is 24.4 Å². The molecule has 3 heteroatoms. The summed E-state index contributed by atoms with van der Waals surface area (Å²) in [6, 6.07) is 17.8. The second-order valence-electron chi connectivity index (χ2n) is 5.28. The highest BCUT2D eigenvalue weighted by Crippen LogP contribution is 2.13. The van der Waals surface area contributed by atoms with Crippen molar-refractivity contribution >= 4 is 12.0 Å². The Bertz CT molecular complexity index is 618. The van der Waals surface area contributed by atoms with Gasteiger partial charge in [0.25, 0.3) is 0 Å². The fraction of sp³-hybridized carbons (Fsp3) is 0.250. The highest BCUT2D eigenvalue weighted by Gasteiger charge is 1.97. The molecule has 0 radical (unpaired) electrons. The van der Waals surface area contributed by atoms with Crippen LogP contribution in [-0.4, -0.2) is 19.1 Å². The SMILES string of the molecule is CCCOc1ccc(/C=C\C(=O)NCCc2ccccc2)cc1. The molecule has 0 aliphatic rings. The minimum atomic E-state index is -0.0766. The second-order valence-corrected chi connectivity index (χ2v) is 5.28. The number of carbonyl (C=O) groups is 1. The lowest BCUT2D eigenvalue weighted by Gasteiger charge is -2.04. The van der Waals surface area contributed by atoms with Gasteiger partial charge in [-0.2, -0.15) is 0 Å². The third-order valence-electron chi connectivity index (χ3n) is 3.34. The number of carbonyl (C=O) groups excluding carboxylic acids is 1. The van der Waals surface area contributed by atoms with Gasteiger partial charge >= 0.3 is 0 Å². The summed E-state index contributed by atoms with van der Waals surface area (Å²) < 4.78 is 5.53. The van der Waals surface area contributed by atoms with Crippen molar-refractivity contribution in [1.29, 1.82) is 0 Å². The number of rotatable bonds is 8. The summed E-state index contributed by atoms with van der Waals surface area (Å²) >= 11 is 0. The molecule has 0 saturated heterocycles. The number of hydrogen-bond acceptors (Lipinski definition) is 2. The van der Waals surface area contributed by atoms with Crippen LogP contribution in [0, 0.1) is 0 Å². The quantitative estimate of drug-likeness (QED) is 0.752. The zero-order chi connectivity index (χ0) is 16.3. The van der Waals surface area contributed by atoms with Gasteiger partial charge in [0, 0.05) is 12.6 Å². The van der Waals surface area contributed by atoms with Gasteiger partial charge in [0.1, 0.15) is 5.75 Å². The Morgan fingerprint density at radius 2 is 1.83 bits per heavy atom. The van der Waals surface area contributed by atoms with Gasteiger partial charge in [0.05, 0.1) is 6.61 Å². The van der Waals surface area contributed by atoms with Crippen LogP contribution in [-0.2, 0) is 11.2 Å². The lowest BCUT2D eigenvalue weighted by atomic mass is 10.1. The summed E-state index contributed by atoms with van der Waals surface area (Å²) in [5.74, 6) is 0.781. The number of hydrogen-bond donors (Lipinski definition) is 1. The van der Waals surface area contributed by atoms with Crippen LogP contribution in [0.25, 0.3) is 6.08 Å². The van der Waals surface area contributed by atoms with Crippen LogP contribution in [0.2, 0.25) is 0 Å². The molecule has 0 spiro atoms. The number of amides is 1. The van der Waals surface area contributed by atoms with Crippen molar-refractivity contribution < 1.29 is 9.53 Å². The summed E-state index contributed by atoms with van der Waals surface area (Å²) in [6.07, 6.45) is 5.20. The minimum Gasteiger partial charge on any atom is -0.494 e. The minimum absolute atomic E-state index is 0.0766. The second kappa shape index (κ2) is 9.46. The highest BCUT2D eigenvalue weighted by atomic mass is 16.5. The highest BCUT2D eigenvalue weighted by molar-refractivity contribution is 5.91. The van der Waals surface area contributed by atoms with Crippen molar-refractivity contribution in [2.45, 2.75) is 19.8 Å². The molecule has 0 saturated carbocycles. The lowest BCUT2D eigenvalue weighted by Crippen LogP contribution is -2.23. The maximum absolute atomic E-state index is 11.8. The van der Waals surface area contributed by atoms with E-state index < -0.39 is 0 Å². The van der Waals surface area contributed by atoms with Gasteiger partial charge in [0.15, 0.2) is 0 Å². The van der Waals surface area contributed by atoms with Crippen LogP contribution < -0.4 is 10.1 Å². The molecule has 0 fully saturated rings. The van der Waals surface area contributed by atoms with Crippen molar-refractivity contribution in [2.75, 3.05) is 13.2 Å². The molecule has 2 rings (SSSR count). The van der Waals surface area contributed by atoms with E-state index in [0.29, 0.717) is 6.54 Å². The zero-order valence-electron chi connectivity index (χ0n) is 13.5. The molecule has 1 amide bonds. The molecular formula is C20H23NO2. The average molecular weight is 309 g/mol. The van der Waals surface area contributed by atoms with Crippen molar-refractivity contribution in [1.82, 2.24) is 5.32 Å². The Kier molecular flexibility index (Phi) is 6.92. The Hall–Kier alpha value is -2.55. The zero-order valence-corrected chi connectivity index (χ0v) is 13.5. The smallest absolute Gasteiger partial charge is 0.244 e. The molecule has 3 nitrogen and oxygen atoms in total. The third-order valence-corrected chi connectivity index (χ3v) is 3.34. The van der Waals surface area contributed by atoms with Crippen molar-refractivity contribution in [3.8, 4) is 5.75 Å². The van der Waals surface area contributed by atoms with Crippen molar-refractivity contribution in [2.24, 2.45) is 0 Å². The lowest BCUT2D eigenvalue weighted by molar-refractivity contribution is -0.116. The van der Waals surface area contributed by atoms with Crippen LogP contribution >= 0.6 is 0 Å². The Balaban J connectivity index is 1.74. The monoisotopic (exact) mass is 309 g/mol. The van der Waals surface area contributed by atoms with Gasteiger partial charge in [-0.25, -0.2) is 0 Å². The van der Waals surface area contributed by atoms with Gasteiger partial charge in [-0.1, -0.05) is 49.4 Å². The first-order valence-electron chi connectivity index (χ1n) is 8.00. The number of nitrogens with one attached hydrogen (secondary N) is 1. The standard InChI is InChI=1S/C20H23NO2/c1-2-16-23-19-11-8-18(9-12-19)10-13-20(22)21-15-14-17-6-4-3-5-7-17/h3-13H,2,14-16H2,1H3,(H,21,22)/b13-10-.